The Labute approximate surface area is 176 Å². The highest BCUT2D eigenvalue weighted by Crippen LogP contribution is 2.39. The van der Waals surface area contributed by atoms with Gasteiger partial charge in [0.1, 0.15) is 0 Å². The molecule has 0 N–H and O–H groups in total. The van der Waals surface area contributed by atoms with Crippen LogP contribution < -0.4 is 10.4 Å². The topological polar surface area (TPSA) is 32.8 Å². The fraction of sp³-hybridized carbons (Fsp3) is 0.458. The standard InChI is InChI=1S/C24H34N2O2Si/c1-24(2,3)29(21-12-7-5-8-13-21,22-14-9-6-10-15-22)26-18-11-17-25(20-26)19-16-23(27)28-4/h5-10,12-15H,11,16-20H2,1-4H3. The van der Waals surface area contributed by atoms with Gasteiger partial charge in [0, 0.05) is 19.8 Å². The number of carbonyl (C=O) groups excluding carboxylic acids is 1. The number of esters is 1. The first-order chi connectivity index (χ1) is 13.9. The van der Waals surface area contributed by atoms with Gasteiger partial charge in [0.15, 0.2) is 8.24 Å². The molecule has 0 aromatic heterocycles. The van der Waals surface area contributed by atoms with Crippen molar-refractivity contribution in [2.24, 2.45) is 0 Å². The Balaban J connectivity index is 2.04. The average Bonchev–Trinajstić information content (AvgIpc) is 2.73. The number of rotatable bonds is 6. The highest BCUT2D eigenvalue weighted by atomic mass is 28.3. The summed E-state index contributed by atoms with van der Waals surface area (Å²) in [7, 11) is -0.814. The molecule has 1 fully saturated rings. The predicted octanol–water partition coefficient (Wildman–Crippen LogP) is 3.07. The molecular weight excluding hydrogens is 376 g/mol. The van der Waals surface area contributed by atoms with E-state index in [4.69, 9.17) is 4.74 Å². The van der Waals surface area contributed by atoms with Crippen LogP contribution >= 0.6 is 0 Å². The van der Waals surface area contributed by atoms with Crippen molar-refractivity contribution < 1.29 is 9.53 Å². The Morgan fingerprint density at radius 3 is 2.00 bits per heavy atom. The van der Waals surface area contributed by atoms with Crippen molar-refractivity contribution in [3.63, 3.8) is 0 Å². The minimum absolute atomic E-state index is 0.0983. The van der Waals surface area contributed by atoms with Gasteiger partial charge in [-0.15, -0.1) is 0 Å². The molecular formula is C24H34N2O2Si. The number of ether oxygens (including phenoxy) is 1. The molecule has 4 nitrogen and oxygen atoms in total. The number of benzene rings is 2. The van der Waals surface area contributed by atoms with Gasteiger partial charge in [-0.05, 0) is 28.4 Å². The minimum Gasteiger partial charge on any atom is -0.469 e. The van der Waals surface area contributed by atoms with Crippen LogP contribution in [0.5, 0.6) is 0 Å². The molecule has 0 saturated carbocycles. The highest BCUT2D eigenvalue weighted by Gasteiger charge is 2.53. The van der Waals surface area contributed by atoms with Crippen LogP contribution in [0.4, 0.5) is 0 Å². The zero-order chi connectivity index (χ0) is 20.9. The molecule has 1 heterocycles. The Morgan fingerprint density at radius 1 is 0.966 bits per heavy atom. The summed E-state index contributed by atoms with van der Waals surface area (Å²) in [5.74, 6) is -0.132. The van der Waals surface area contributed by atoms with E-state index >= 15 is 0 Å². The summed E-state index contributed by atoms with van der Waals surface area (Å²) in [6.07, 6.45) is 1.57. The number of hydrogen-bond acceptors (Lipinski definition) is 4. The Morgan fingerprint density at radius 2 is 1.52 bits per heavy atom. The van der Waals surface area contributed by atoms with E-state index in [9.17, 15) is 4.79 Å². The lowest BCUT2D eigenvalue weighted by atomic mass is 10.2. The Kier molecular flexibility index (Phi) is 6.93. The van der Waals surface area contributed by atoms with Gasteiger partial charge in [-0.2, -0.15) is 0 Å². The molecule has 29 heavy (non-hydrogen) atoms. The van der Waals surface area contributed by atoms with E-state index < -0.39 is 8.24 Å². The van der Waals surface area contributed by atoms with Crippen LogP contribution in [0, 0.1) is 0 Å². The maximum atomic E-state index is 11.7. The average molecular weight is 411 g/mol. The minimum atomic E-state index is -2.28. The van der Waals surface area contributed by atoms with E-state index in [0.29, 0.717) is 6.42 Å². The van der Waals surface area contributed by atoms with Gasteiger partial charge in [-0.25, -0.2) is 0 Å². The SMILES string of the molecule is COC(=O)CCN1CCCN([Si](c2ccccc2)(c2ccccc2)C(C)(C)C)C1. The molecule has 156 valence electrons. The van der Waals surface area contributed by atoms with E-state index in [1.165, 1.54) is 17.5 Å². The van der Waals surface area contributed by atoms with Crippen molar-refractivity contribution in [3.8, 4) is 0 Å². The Hall–Kier alpha value is -1.95. The molecule has 1 saturated heterocycles. The van der Waals surface area contributed by atoms with Crippen molar-refractivity contribution in [2.75, 3.05) is 33.4 Å². The third-order valence-electron chi connectivity index (χ3n) is 6.08. The molecule has 1 aliphatic rings. The molecule has 0 spiro atoms. The second-order valence-corrected chi connectivity index (χ2v) is 13.6. The molecule has 0 aliphatic carbocycles. The molecule has 2 aromatic rings. The molecule has 0 unspecified atom stereocenters. The third kappa shape index (κ3) is 4.47. The Bertz CT molecular complexity index is 750. The van der Waals surface area contributed by atoms with E-state index in [2.05, 4.69) is 90.9 Å². The first kappa shape index (κ1) is 21.7. The first-order valence-corrected chi connectivity index (χ1v) is 12.5. The van der Waals surface area contributed by atoms with E-state index in [1.54, 1.807) is 0 Å². The maximum absolute atomic E-state index is 11.7. The van der Waals surface area contributed by atoms with Crippen LogP contribution in [-0.4, -0.2) is 57.1 Å². The van der Waals surface area contributed by atoms with Crippen molar-refractivity contribution in [3.05, 3.63) is 60.7 Å². The number of methoxy groups -OCH3 is 1. The molecule has 5 heteroatoms. The van der Waals surface area contributed by atoms with Crippen LogP contribution in [-0.2, 0) is 9.53 Å². The fourth-order valence-electron chi connectivity index (χ4n) is 4.91. The summed E-state index contributed by atoms with van der Waals surface area (Å²) in [6, 6.07) is 22.2. The summed E-state index contributed by atoms with van der Waals surface area (Å²) in [6.45, 7) is 10.9. The fourth-order valence-corrected chi connectivity index (χ4v) is 10.9. The summed E-state index contributed by atoms with van der Waals surface area (Å²) >= 11 is 0. The first-order valence-electron chi connectivity index (χ1n) is 10.5. The number of hydrogen-bond donors (Lipinski definition) is 0. The predicted molar refractivity (Wildman–Crippen MR) is 122 cm³/mol. The van der Waals surface area contributed by atoms with Crippen molar-refractivity contribution >= 4 is 24.6 Å². The van der Waals surface area contributed by atoms with Crippen LogP contribution in [0.1, 0.15) is 33.6 Å². The second kappa shape index (κ2) is 9.24. The number of carbonyl (C=O) groups is 1. The third-order valence-corrected chi connectivity index (χ3v) is 11.9. The van der Waals surface area contributed by atoms with E-state index in [0.717, 1.165) is 32.7 Å². The number of nitrogens with zero attached hydrogens (tertiary/aromatic N) is 2. The van der Waals surface area contributed by atoms with Crippen molar-refractivity contribution in [1.29, 1.82) is 0 Å². The van der Waals surface area contributed by atoms with E-state index in [-0.39, 0.29) is 11.0 Å². The van der Waals surface area contributed by atoms with Crippen molar-refractivity contribution in [1.82, 2.24) is 9.47 Å². The summed E-state index contributed by atoms with van der Waals surface area (Å²) in [5.41, 5.74) is 0. The van der Waals surface area contributed by atoms with Crippen LogP contribution in [0.3, 0.4) is 0 Å². The lowest BCUT2D eigenvalue weighted by Crippen LogP contribution is -2.77. The zero-order valence-corrected chi connectivity index (χ0v) is 19.2. The molecule has 1 aliphatic heterocycles. The molecule has 0 bridgehead atoms. The lowest BCUT2D eigenvalue weighted by Gasteiger charge is -2.54. The summed E-state index contributed by atoms with van der Waals surface area (Å²) < 4.78 is 7.61. The van der Waals surface area contributed by atoms with Gasteiger partial charge < -0.3 is 9.30 Å². The van der Waals surface area contributed by atoms with Gasteiger partial charge >= 0.3 is 5.97 Å². The maximum Gasteiger partial charge on any atom is 0.306 e. The van der Waals surface area contributed by atoms with E-state index in [1.807, 2.05) is 0 Å². The molecule has 0 radical (unpaired) electrons. The van der Waals surface area contributed by atoms with Crippen molar-refractivity contribution in [2.45, 2.75) is 38.7 Å². The highest BCUT2D eigenvalue weighted by molar-refractivity contribution is 7.02. The molecule has 3 rings (SSSR count). The van der Waals surface area contributed by atoms with Gasteiger partial charge in [0.05, 0.1) is 13.5 Å². The quantitative estimate of drug-likeness (QED) is 0.541. The van der Waals surface area contributed by atoms with Crippen LogP contribution in [0.15, 0.2) is 60.7 Å². The van der Waals surface area contributed by atoms with Gasteiger partial charge in [-0.1, -0.05) is 81.4 Å². The van der Waals surface area contributed by atoms with Crippen LogP contribution in [0.25, 0.3) is 0 Å². The monoisotopic (exact) mass is 410 g/mol. The summed E-state index contributed by atoms with van der Waals surface area (Å²) in [5, 5.41) is 3.00. The normalized spacial score (nSPS) is 16.6. The second-order valence-electron chi connectivity index (χ2n) is 8.90. The zero-order valence-electron chi connectivity index (χ0n) is 18.2. The molecule has 2 aromatic carbocycles. The van der Waals surface area contributed by atoms with Gasteiger partial charge in [0.2, 0.25) is 0 Å². The van der Waals surface area contributed by atoms with Gasteiger partial charge in [-0.3, -0.25) is 9.69 Å². The smallest absolute Gasteiger partial charge is 0.306 e. The largest absolute Gasteiger partial charge is 0.469 e. The van der Waals surface area contributed by atoms with Crippen LogP contribution in [0.2, 0.25) is 5.04 Å². The lowest BCUT2D eigenvalue weighted by molar-refractivity contribution is -0.141. The molecule has 0 atom stereocenters. The van der Waals surface area contributed by atoms with Gasteiger partial charge in [0.25, 0.3) is 0 Å². The summed E-state index contributed by atoms with van der Waals surface area (Å²) in [4.78, 5) is 14.1. The molecule has 0 amide bonds.